The van der Waals surface area contributed by atoms with Gasteiger partial charge in [-0.05, 0) is 37.6 Å². The minimum Gasteiger partial charge on any atom is -0.315 e. The molecular weight excluding hydrogens is 217 g/mol. The molecule has 0 unspecified atom stereocenters. The van der Waals surface area contributed by atoms with Crippen LogP contribution in [0.25, 0.3) is 0 Å². The van der Waals surface area contributed by atoms with Crippen LogP contribution in [0.2, 0.25) is 5.02 Å². The van der Waals surface area contributed by atoms with Crippen LogP contribution in [0.5, 0.6) is 0 Å². The van der Waals surface area contributed by atoms with Gasteiger partial charge < -0.3 is 5.32 Å². The second kappa shape index (κ2) is 6.28. The summed E-state index contributed by atoms with van der Waals surface area (Å²) >= 11 is 11.6. The van der Waals surface area contributed by atoms with E-state index in [0.29, 0.717) is 0 Å². The monoisotopic (exact) mass is 231 g/mol. The number of nitrogens with one attached hydrogen (secondary N) is 1. The quantitative estimate of drug-likeness (QED) is 0.607. The average molecular weight is 232 g/mol. The predicted molar refractivity (Wildman–Crippen MR) is 63.3 cm³/mol. The lowest BCUT2D eigenvalue weighted by Gasteiger charge is -2.05. The van der Waals surface area contributed by atoms with Crippen LogP contribution in [-0.4, -0.2) is 18.5 Å². The number of hydrogen-bond acceptors (Lipinski definition) is 1. The summed E-state index contributed by atoms with van der Waals surface area (Å²) in [5.41, 5.74) is 1.30. The van der Waals surface area contributed by atoms with E-state index in [2.05, 4.69) is 5.32 Å². The van der Waals surface area contributed by atoms with Crippen LogP contribution < -0.4 is 5.32 Å². The molecule has 0 bridgehead atoms. The second-order valence-electron chi connectivity index (χ2n) is 3.36. The first-order valence-corrected chi connectivity index (χ1v) is 5.59. The second-order valence-corrected chi connectivity index (χ2v) is 4.54. The summed E-state index contributed by atoms with van der Waals surface area (Å²) in [4.78, 5) is 0. The first-order valence-electron chi connectivity index (χ1n) is 4.77. The molecule has 0 saturated carbocycles. The number of benzene rings is 1. The van der Waals surface area contributed by atoms with Crippen LogP contribution >= 0.6 is 23.2 Å². The first-order chi connectivity index (χ1) is 6.68. The van der Waals surface area contributed by atoms with Crippen molar-refractivity contribution in [3.8, 4) is 0 Å². The van der Waals surface area contributed by atoms with E-state index in [1.165, 1.54) is 5.56 Å². The van der Waals surface area contributed by atoms with E-state index in [1.807, 2.05) is 31.2 Å². The van der Waals surface area contributed by atoms with Crippen molar-refractivity contribution < 1.29 is 0 Å². The molecule has 0 saturated heterocycles. The zero-order valence-corrected chi connectivity index (χ0v) is 9.78. The van der Waals surface area contributed by atoms with Crippen LogP contribution in [0.1, 0.15) is 12.5 Å². The molecule has 1 atom stereocenters. The van der Waals surface area contributed by atoms with Gasteiger partial charge >= 0.3 is 0 Å². The Balaban J connectivity index is 2.21. The van der Waals surface area contributed by atoms with Crippen molar-refractivity contribution in [2.45, 2.75) is 18.7 Å². The molecule has 1 aromatic carbocycles. The van der Waals surface area contributed by atoms with E-state index in [9.17, 15) is 0 Å². The van der Waals surface area contributed by atoms with Gasteiger partial charge in [0.1, 0.15) is 0 Å². The Morgan fingerprint density at radius 1 is 1.29 bits per heavy atom. The maximum atomic E-state index is 5.80. The Labute approximate surface area is 95.4 Å². The Kier molecular flexibility index (Phi) is 5.31. The van der Waals surface area contributed by atoms with Crippen molar-refractivity contribution in [2.75, 3.05) is 13.1 Å². The van der Waals surface area contributed by atoms with Crippen molar-refractivity contribution in [1.82, 2.24) is 5.32 Å². The van der Waals surface area contributed by atoms with E-state index in [4.69, 9.17) is 23.2 Å². The fraction of sp³-hybridized carbons (Fsp3) is 0.455. The van der Waals surface area contributed by atoms with Crippen LogP contribution in [0.3, 0.4) is 0 Å². The number of rotatable bonds is 5. The Morgan fingerprint density at radius 3 is 2.50 bits per heavy atom. The summed E-state index contributed by atoms with van der Waals surface area (Å²) in [5, 5.41) is 4.27. The average Bonchev–Trinajstić information content (AvgIpc) is 2.15. The molecule has 0 amide bonds. The van der Waals surface area contributed by atoms with Gasteiger partial charge in [-0.25, -0.2) is 0 Å². The lowest BCUT2D eigenvalue weighted by atomic mass is 10.1. The summed E-state index contributed by atoms with van der Waals surface area (Å²) in [6.45, 7) is 3.80. The van der Waals surface area contributed by atoms with Gasteiger partial charge in [0.05, 0.1) is 0 Å². The van der Waals surface area contributed by atoms with Crippen molar-refractivity contribution >= 4 is 23.2 Å². The fourth-order valence-corrected chi connectivity index (χ4v) is 1.42. The molecule has 0 aliphatic rings. The highest BCUT2D eigenvalue weighted by molar-refractivity contribution is 6.30. The standard InChI is InChI=1S/C11H15Cl2N/c1-9(12)8-14-7-6-10-2-4-11(13)5-3-10/h2-5,9,14H,6-8H2,1H3/t9-/m0/s1. The molecule has 0 fully saturated rings. The minimum atomic E-state index is 0.195. The van der Waals surface area contributed by atoms with E-state index in [1.54, 1.807) is 0 Å². The van der Waals surface area contributed by atoms with Gasteiger partial charge in [0.25, 0.3) is 0 Å². The molecular formula is C11H15Cl2N. The van der Waals surface area contributed by atoms with Crippen LogP contribution in [0.4, 0.5) is 0 Å². The Hall–Kier alpha value is -0.240. The first kappa shape index (κ1) is 11.8. The van der Waals surface area contributed by atoms with Crippen molar-refractivity contribution in [2.24, 2.45) is 0 Å². The van der Waals surface area contributed by atoms with E-state index >= 15 is 0 Å². The van der Waals surface area contributed by atoms with Gasteiger partial charge in [-0.3, -0.25) is 0 Å². The van der Waals surface area contributed by atoms with Crippen molar-refractivity contribution in [3.63, 3.8) is 0 Å². The third kappa shape index (κ3) is 4.85. The van der Waals surface area contributed by atoms with Crippen molar-refractivity contribution in [1.29, 1.82) is 0 Å². The SMILES string of the molecule is C[C@H](Cl)CNCCc1ccc(Cl)cc1. The summed E-state index contributed by atoms with van der Waals surface area (Å²) in [5.74, 6) is 0. The lowest BCUT2D eigenvalue weighted by molar-refractivity contribution is 0.675. The largest absolute Gasteiger partial charge is 0.315 e. The maximum Gasteiger partial charge on any atom is 0.0432 e. The fourth-order valence-electron chi connectivity index (χ4n) is 1.18. The molecule has 3 heteroatoms. The molecule has 0 aliphatic carbocycles. The third-order valence-corrected chi connectivity index (χ3v) is 2.34. The molecule has 0 spiro atoms. The number of hydrogen-bond donors (Lipinski definition) is 1. The summed E-state index contributed by atoms with van der Waals surface area (Å²) in [7, 11) is 0. The molecule has 1 rings (SSSR count). The summed E-state index contributed by atoms with van der Waals surface area (Å²) in [6, 6.07) is 7.93. The molecule has 0 aromatic heterocycles. The molecule has 0 radical (unpaired) electrons. The minimum absolute atomic E-state index is 0.195. The van der Waals surface area contributed by atoms with Gasteiger partial charge in [0.15, 0.2) is 0 Å². The normalized spacial score (nSPS) is 12.8. The molecule has 1 aromatic rings. The molecule has 14 heavy (non-hydrogen) atoms. The lowest BCUT2D eigenvalue weighted by Crippen LogP contribution is -2.23. The van der Waals surface area contributed by atoms with E-state index in [0.717, 1.165) is 24.5 Å². The zero-order valence-electron chi connectivity index (χ0n) is 8.26. The molecule has 1 nitrogen and oxygen atoms in total. The van der Waals surface area contributed by atoms with Crippen LogP contribution in [0, 0.1) is 0 Å². The van der Waals surface area contributed by atoms with Crippen LogP contribution in [-0.2, 0) is 6.42 Å². The van der Waals surface area contributed by atoms with Gasteiger partial charge in [-0.15, -0.1) is 11.6 Å². The topological polar surface area (TPSA) is 12.0 Å². The highest BCUT2D eigenvalue weighted by Gasteiger charge is 1.96. The van der Waals surface area contributed by atoms with E-state index in [-0.39, 0.29) is 5.38 Å². The summed E-state index contributed by atoms with van der Waals surface area (Å²) < 4.78 is 0. The molecule has 1 N–H and O–H groups in total. The predicted octanol–water partition coefficient (Wildman–Crippen LogP) is 3.10. The summed E-state index contributed by atoms with van der Waals surface area (Å²) in [6.07, 6.45) is 1.01. The van der Waals surface area contributed by atoms with E-state index < -0.39 is 0 Å². The third-order valence-electron chi connectivity index (χ3n) is 1.93. The Morgan fingerprint density at radius 2 is 1.93 bits per heavy atom. The number of alkyl halides is 1. The molecule has 0 aliphatic heterocycles. The van der Waals surface area contributed by atoms with Gasteiger partial charge in [0.2, 0.25) is 0 Å². The Bertz CT molecular complexity index is 256. The van der Waals surface area contributed by atoms with Crippen molar-refractivity contribution in [3.05, 3.63) is 34.9 Å². The molecule has 78 valence electrons. The van der Waals surface area contributed by atoms with Gasteiger partial charge in [-0.1, -0.05) is 23.7 Å². The maximum absolute atomic E-state index is 5.80. The van der Waals surface area contributed by atoms with Gasteiger partial charge in [0, 0.05) is 16.9 Å². The smallest absolute Gasteiger partial charge is 0.0432 e. The van der Waals surface area contributed by atoms with Gasteiger partial charge in [-0.2, -0.15) is 0 Å². The highest BCUT2D eigenvalue weighted by Crippen LogP contribution is 2.09. The number of halogens is 2. The zero-order chi connectivity index (χ0) is 10.4. The molecule has 0 heterocycles. The van der Waals surface area contributed by atoms with Crippen LogP contribution in [0.15, 0.2) is 24.3 Å². The highest BCUT2D eigenvalue weighted by atomic mass is 35.5.